The Labute approximate surface area is 192 Å². The maximum atomic E-state index is 13.9. The van der Waals surface area contributed by atoms with Crippen LogP contribution in [0, 0.1) is 11.3 Å². The van der Waals surface area contributed by atoms with Crippen LogP contribution in [0.1, 0.15) is 53.6 Å². The van der Waals surface area contributed by atoms with Crippen molar-refractivity contribution in [2.45, 2.75) is 50.7 Å². The smallest absolute Gasteiger partial charge is 0.255 e. The van der Waals surface area contributed by atoms with E-state index in [0.717, 1.165) is 60.7 Å². The molecule has 1 aromatic heterocycles. The molecule has 0 N–H and O–H groups in total. The highest BCUT2D eigenvalue weighted by Crippen LogP contribution is 2.38. The van der Waals surface area contributed by atoms with E-state index in [0.29, 0.717) is 18.2 Å². The molecule has 0 bridgehead atoms. The second-order valence-electron chi connectivity index (χ2n) is 9.29. The van der Waals surface area contributed by atoms with Gasteiger partial charge in [0.25, 0.3) is 5.91 Å². The summed E-state index contributed by atoms with van der Waals surface area (Å²) in [5.74, 6) is 0.130. The van der Waals surface area contributed by atoms with E-state index in [4.69, 9.17) is 5.26 Å². The molecule has 1 saturated carbocycles. The van der Waals surface area contributed by atoms with E-state index in [1.807, 2.05) is 59.6 Å². The van der Waals surface area contributed by atoms with Gasteiger partial charge in [0.15, 0.2) is 0 Å². The van der Waals surface area contributed by atoms with Crippen LogP contribution in [-0.4, -0.2) is 45.4 Å². The van der Waals surface area contributed by atoms with Crippen LogP contribution in [-0.2, 0) is 6.54 Å². The first-order chi connectivity index (χ1) is 16.2. The van der Waals surface area contributed by atoms with Gasteiger partial charge >= 0.3 is 0 Å². The number of carbonyl (C=O) groups is 1. The van der Waals surface area contributed by atoms with Gasteiger partial charge in [-0.1, -0.05) is 18.2 Å². The van der Waals surface area contributed by atoms with Gasteiger partial charge in [-0.15, -0.1) is 0 Å². The van der Waals surface area contributed by atoms with E-state index >= 15 is 0 Å². The second kappa shape index (κ2) is 8.00. The number of carbonyl (C=O) groups excluding carboxylic acids is 1. The van der Waals surface area contributed by atoms with Crippen molar-refractivity contribution in [2.75, 3.05) is 6.54 Å². The van der Waals surface area contributed by atoms with E-state index in [1.54, 1.807) is 0 Å². The van der Waals surface area contributed by atoms with Gasteiger partial charge in [-0.2, -0.15) is 10.4 Å². The van der Waals surface area contributed by atoms with Crippen molar-refractivity contribution in [2.24, 2.45) is 4.99 Å². The standard InChI is InChI=1S/C27H25N5O/c28-13-18-4-6-19(7-5-18)17-31-26-3-1-2-24(25(26)16-30-31)27(33)32(22-10-11-22)23-9-8-20-14-29-15-21(20)12-23/h1-7,15-16,22-23H,8-12,14,17H2. The zero-order chi connectivity index (χ0) is 22.4. The Balaban J connectivity index is 1.30. The minimum absolute atomic E-state index is 0.130. The fourth-order valence-corrected chi connectivity index (χ4v) is 5.22. The van der Waals surface area contributed by atoms with Crippen LogP contribution in [0.4, 0.5) is 0 Å². The topological polar surface area (TPSA) is 74.3 Å². The van der Waals surface area contributed by atoms with Crippen LogP contribution in [0.25, 0.3) is 10.9 Å². The van der Waals surface area contributed by atoms with Crippen molar-refractivity contribution in [3.8, 4) is 6.07 Å². The van der Waals surface area contributed by atoms with Crippen molar-refractivity contribution in [3.63, 3.8) is 0 Å². The molecule has 0 spiro atoms. The Bertz CT molecular complexity index is 1340. The molecule has 1 atom stereocenters. The predicted octanol–water partition coefficient (Wildman–Crippen LogP) is 4.49. The molecule has 0 radical (unpaired) electrons. The van der Waals surface area contributed by atoms with Gasteiger partial charge in [-0.25, -0.2) is 0 Å². The summed E-state index contributed by atoms with van der Waals surface area (Å²) < 4.78 is 1.93. The Morgan fingerprint density at radius 1 is 1.12 bits per heavy atom. The predicted molar refractivity (Wildman–Crippen MR) is 127 cm³/mol. The molecular formula is C27H25N5O. The highest BCUT2D eigenvalue weighted by Gasteiger charge is 2.40. The Morgan fingerprint density at radius 2 is 1.97 bits per heavy atom. The molecule has 33 heavy (non-hydrogen) atoms. The lowest BCUT2D eigenvalue weighted by atomic mass is 9.88. The third-order valence-electron chi connectivity index (χ3n) is 7.12. The van der Waals surface area contributed by atoms with Crippen molar-refractivity contribution in [1.82, 2.24) is 14.7 Å². The first-order valence-corrected chi connectivity index (χ1v) is 11.7. The number of aromatic nitrogens is 2. The Kier molecular flexibility index (Phi) is 4.83. The molecule has 6 rings (SSSR count). The lowest BCUT2D eigenvalue weighted by Crippen LogP contribution is -2.43. The summed E-state index contributed by atoms with van der Waals surface area (Å²) in [6, 6.07) is 16.2. The highest BCUT2D eigenvalue weighted by molar-refractivity contribution is 6.06. The zero-order valence-electron chi connectivity index (χ0n) is 18.4. The fourth-order valence-electron chi connectivity index (χ4n) is 5.22. The number of benzene rings is 2. The quantitative estimate of drug-likeness (QED) is 0.592. The van der Waals surface area contributed by atoms with Gasteiger partial charge in [0.2, 0.25) is 0 Å². The van der Waals surface area contributed by atoms with Gasteiger partial charge < -0.3 is 4.90 Å². The van der Waals surface area contributed by atoms with Crippen LogP contribution in [0.3, 0.4) is 0 Å². The van der Waals surface area contributed by atoms with Crippen LogP contribution >= 0.6 is 0 Å². The number of nitrogens with zero attached hydrogens (tertiary/aromatic N) is 5. The lowest BCUT2D eigenvalue weighted by molar-refractivity contribution is 0.0647. The number of hydrogen-bond acceptors (Lipinski definition) is 4. The minimum atomic E-state index is 0.130. The molecule has 1 unspecified atom stereocenters. The SMILES string of the molecule is N#Cc1ccc(Cn2ncc3c(C(=O)N(C4CC4)C4CCC5=C(C=NC5)C4)cccc32)cc1. The number of fused-ring (bicyclic) bond motifs is 1. The molecule has 6 nitrogen and oxygen atoms in total. The van der Waals surface area contributed by atoms with E-state index in [9.17, 15) is 4.79 Å². The number of hydrogen-bond donors (Lipinski definition) is 0. The molecule has 1 amide bonds. The van der Waals surface area contributed by atoms with Crippen molar-refractivity contribution < 1.29 is 4.79 Å². The molecule has 1 fully saturated rings. The lowest BCUT2D eigenvalue weighted by Gasteiger charge is -2.35. The third-order valence-corrected chi connectivity index (χ3v) is 7.12. The molecule has 2 heterocycles. The maximum Gasteiger partial charge on any atom is 0.255 e. The molecule has 164 valence electrons. The number of aliphatic imine (C=N–C) groups is 1. The fraction of sp³-hybridized carbons (Fsp3) is 0.333. The first kappa shape index (κ1) is 19.9. The summed E-state index contributed by atoms with van der Waals surface area (Å²) in [7, 11) is 0. The van der Waals surface area contributed by atoms with Gasteiger partial charge in [-0.05, 0) is 73.1 Å². The normalized spacial score (nSPS) is 19.5. The Hall–Kier alpha value is -3.72. The summed E-state index contributed by atoms with van der Waals surface area (Å²) >= 11 is 0. The second-order valence-corrected chi connectivity index (χ2v) is 9.29. The largest absolute Gasteiger partial charge is 0.332 e. The van der Waals surface area contributed by atoms with Crippen molar-refractivity contribution in [3.05, 3.63) is 76.5 Å². The van der Waals surface area contributed by atoms with Gasteiger partial charge in [0.1, 0.15) is 0 Å². The summed E-state index contributed by atoms with van der Waals surface area (Å²) in [6.45, 7) is 1.44. The molecule has 2 aliphatic carbocycles. The summed E-state index contributed by atoms with van der Waals surface area (Å²) in [5, 5.41) is 14.5. The number of amides is 1. The average molecular weight is 436 g/mol. The number of nitriles is 1. The summed E-state index contributed by atoms with van der Waals surface area (Å²) in [5.41, 5.74) is 6.22. The molecule has 2 aromatic carbocycles. The first-order valence-electron chi connectivity index (χ1n) is 11.7. The van der Waals surface area contributed by atoms with Crippen molar-refractivity contribution >= 4 is 23.0 Å². The van der Waals surface area contributed by atoms with E-state index in [-0.39, 0.29) is 11.9 Å². The molecule has 3 aliphatic rings. The minimum Gasteiger partial charge on any atom is -0.332 e. The zero-order valence-corrected chi connectivity index (χ0v) is 18.4. The highest BCUT2D eigenvalue weighted by atomic mass is 16.2. The van der Waals surface area contributed by atoms with Crippen LogP contribution in [0.15, 0.2) is 64.8 Å². The number of rotatable bonds is 5. The van der Waals surface area contributed by atoms with E-state index in [1.165, 1.54) is 11.1 Å². The van der Waals surface area contributed by atoms with Gasteiger partial charge in [0, 0.05) is 23.7 Å². The third kappa shape index (κ3) is 3.64. The van der Waals surface area contributed by atoms with Crippen molar-refractivity contribution in [1.29, 1.82) is 5.26 Å². The van der Waals surface area contributed by atoms with E-state index < -0.39 is 0 Å². The van der Waals surface area contributed by atoms with Crippen LogP contribution < -0.4 is 0 Å². The molecular weight excluding hydrogens is 410 g/mol. The van der Waals surface area contributed by atoms with Gasteiger partial charge in [0.05, 0.1) is 42.0 Å². The Morgan fingerprint density at radius 3 is 2.76 bits per heavy atom. The molecule has 1 aliphatic heterocycles. The molecule has 0 saturated heterocycles. The average Bonchev–Trinajstić information content (AvgIpc) is 3.42. The monoisotopic (exact) mass is 435 g/mol. The molecule has 3 aromatic rings. The van der Waals surface area contributed by atoms with Crippen LogP contribution in [0.2, 0.25) is 0 Å². The maximum absolute atomic E-state index is 13.9. The summed E-state index contributed by atoms with van der Waals surface area (Å²) in [6.07, 6.45) is 9.02. The van der Waals surface area contributed by atoms with E-state index in [2.05, 4.69) is 21.1 Å². The molecule has 6 heteroatoms. The van der Waals surface area contributed by atoms with Crippen LogP contribution in [0.5, 0.6) is 0 Å². The van der Waals surface area contributed by atoms with Gasteiger partial charge in [-0.3, -0.25) is 14.5 Å². The summed E-state index contributed by atoms with van der Waals surface area (Å²) in [4.78, 5) is 20.5.